The summed E-state index contributed by atoms with van der Waals surface area (Å²) in [5.41, 5.74) is 0.822. The first-order chi connectivity index (χ1) is 8.49. The molecule has 0 aliphatic carbocycles. The van der Waals surface area contributed by atoms with Crippen LogP contribution in [-0.2, 0) is 11.2 Å². The fourth-order valence-electron chi connectivity index (χ4n) is 1.41. The summed E-state index contributed by atoms with van der Waals surface area (Å²) in [5.74, 6) is -0.991. The molecule has 0 bridgehead atoms. The lowest BCUT2D eigenvalue weighted by atomic mass is 10.3. The zero-order valence-corrected chi connectivity index (χ0v) is 11.0. The zero-order chi connectivity index (χ0) is 13.3. The molecule has 94 valence electrons. The first-order valence-corrected chi connectivity index (χ1v) is 5.88. The highest BCUT2D eigenvalue weighted by atomic mass is 35.5. The number of halogens is 3. The third-order valence-electron chi connectivity index (χ3n) is 2.17. The molecular weight excluding hydrogens is 300 g/mol. The predicted octanol–water partition coefficient (Wildman–Crippen LogP) is 2.85. The van der Waals surface area contributed by atoms with Gasteiger partial charge in [-0.05, 0) is 12.1 Å². The first-order valence-electron chi connectivity index (χ1n) is 4.75. The van der Waals surface area contributed by atoms with Gasteiger partial charge in [-0.3, -0.25) is 4.79 Å². The lowest BCUT2D eigenvalue weighted by Gasteiger charge is -2.08. The van der Waals surface area contributed by atoms with Gasteiger partial charge in [0, 0.05) is 0 Å². The van der Waals surface area contributed by atoms with Gasteiger partial charge in [-0.2, -0.15) is 0 Å². The number of hydrogen-bond acceptors (Lipinski definition) is 3. The van der Waals surface area contributed by atoms with Gasteiger partial charge in [-0.25, -0.2) is 4.68 Å². The number of hydrogen-bond donors (Lipinski definition) is 1. The maximum atomic E-state index is 10.7. The van der Waals surface area contributed by atoms with Crippen LogP contribution >= 0.6 is 34.8 Å². The highest BCUT2D eigenvalue weighted by Gasteiger charge is 2.14. The van der Waals surface area contributed by atoms with E-state index in [9.17, 15) is 4.79 Å². The smallest absolute Gasteiger partial charge is 0.309 e. The van der Waals surface area contributed by atoms with Crippen molar-refractivity contribution in [3.63, 3.8) is 0 Å². The molecule has 0 atom stereocenters. The van der Waals surface area contributed by atoms with Crippen molar-refractivity contribution in [3.05, 3.63) is 39.1 Å². The van der Waals surface area contributed by atoms with Gasteiger partial charge in [-0.1, -0.05) is 40.0 Å². The highest BCUT2D eigenvalue weighted by Crippen LogP contribution is 2.31. The molecular formula is C10H6Cl3N3O2. The van der Waals surface area contributed by atoms with Gasteiger partial charge >= 0.3 is 5.97 Å². The Morgan fingerprint density at radius 3 is 2.56 bits per heavy atom. The summed E-state index contributed by atoms with van der Waals surface area (Å²) >= 11 is 17.7. The van der Waals surface area contributed by atoms with Gasteiger partial charge in [0.2, 0.25) is 0 Å². The molecule has 2 rings (SSSR count). The van der Waals surface area contributed by atoms with Crippen LogP contribution in [0, 0.1) is 0 Å². The number of carbonyl (C=O) groups is 1. The van der Waals surface area contributed by atoms with Gasteiger partial charge < -0.3 is 5.11 Å². The van der Waals surface area contributed by atoms with Crippen LogP contribution in [0.2, 0.25) is 15.1 Å². The predicted molar refractivity (Wildman–Crippen MR) is 67.7 cm³/mol. The molecule has 1 aromatic carbocycles. The molecule has 8 heteroatoms. The second-order valence-electron chi connectivity index (χ2n) is 3.43. The van der Waals surface area contributed by atoms with E-state index in [0.717, 1.165) is 0 Å². The van der Waals surface area contributed by atoms with Crippen LogP contribution in [0.5, 0.6) is 0 Å². The van der Waals surface area contributed by atoms with E-state index in [0.29, 0.717) is 26.4 Å². The third-order valence-corrected chi connectivity index (χ3v) is 3.20. The molecule has 0 radical (unpaired) electrons. The number of nitrogens with zero attached hydrogens (tertiary/aromatic N) is 3. The molecule has 0 spiro atoms. The highest BCUT2D eigenvalue weighted by molar-refractivity contribution is 6.43. The molecule has 0 fully saturated rings. The van der Waals surface area contributed by atoms with Gasteiger partial charge in [0.25, 0.3) is 0 Å². The van der Waals surface area contributed by atoms with Crippen molar-refractivity contribution in [3.8, 4) is 5.69 Å². The summed E-state index contributed by atoms with van der Waals surface area (Å²) in [4.78, 5) is 10.7. The normalized spacial score (nSPS) is 10.6. The average Bonchev–Trinajstić information content (AvgIpc) is 2.70. The quantitative estimate of drug-likeness (QED) is 0.885. The number of benzene rings is 1. The fourth-order valence-corrected chi connectivity index (χ4v) is 2.03. The molecule has 0 saturated heterocycles. The summed E-state index contributed by atoms with van der Waals surface area (Å²) in [7, 11) is 0. The van der Waals surface area contributed by atoms with Crippen molar-refractivity contribution in [2.75, 3.05) is 0 Å². The van der Waals surface area contributed by atoms with Crippen LogP contribution in [0.1, 0.15) is 5.69 Å². The summed E-state index contributed by atoms with van der Waals surface area (Å²) in [6.45, 7) is 0. The Morgan fingerprint density at radius 1 is 1.22 bits per heavy atom. The molecule has 5 nitrogen and oxygen atoms in total. The number of carboxylic acids is 1. The van der Waals surface area contributed by atoms with E-state index in [1.165, 1.54) is 23.0 Å². The second kappa shape index (κ2) is 5.14. The van der Waals surface area contributed by atoms with Crippen LogP contribution < -0.4 is 0 Å². The molecule has 1 heterocycles. The number of carboxylic acid groups (broad SMARTS) is 1. The maximum absolute atomic E-state index is 10.7. The Bertz CT molecular complexity index is 612. The molecule has 0 amide bonds. The van der Waals surface area contributed by atoms with Crippen molar-refractivity contribution in [2.24, 2.45) is 0 Å². The Morgan fingerprint density at radius 2 is 1.89 bits per heavy atom. The Labute approximate surface area is 117 Å². The topological polar surface area (TPSA) is 68.0 Å². The summed E-state index contributed by atoms with van der Waals surface area (Å²) in [5, 5.41) is 17.1. The monoisotopic (exact) mass is 305 g/mol. The first kappa shape index (κ1) is 13.1. The van der Waals surface area contributed by atoms with E-state index in [4.69, 9.17) is 39.9 Å². The number of rotatable bonds is 3. The van der Waals surface area contributed by atoms with Gasteiger partial charge in [0.1, 0.15) is 0 Å². The molecule has 18 heavy (non-hydrogen) atoms. The zero-order valence-electron chi connectivity index (χ0n) is 8.77. The SMILES string of the molecule is O=C(O)Cc1cnnn1-c1cc(Cl)c(Cl)cc1Cl. The van der Waals surface area contributed by atoms with Crippen LogP contribution in [0.3, 0.4) is 0 Å². The van der Waals surface area contributed by atoms with Crippen molar-refractivity contribution in [1.29, 1.82) is 0 Å². The largest absolute Gasteiger partial charge is 0.481 e. The third kappa shape index (κ3) is 2.58. The average molecular weight is 307 g/mol. The van der Waals surface area contributed by atoms with E-state index < -0.39 is 5.97 Å². The Kier molecular flexibility index (Phi) is 3.75. The molecule has 1 N–H and O–H groups in total. The minimum absolute atomic E-state index is 0.219. The van der Waals surface area contributed by atoms with Gasteiger partial charge in [0.15, 0.2) is 0 Å². The fraction of sp³-hybridized carbons (Fsp3) is 0.100. The summed E-state index contributed by atoms with van der Waals surface area (Å²) < 4.78 is 1.32. The van der Waals surface area contributed by atoms with Crippen LogP contribution in [-0.4, -0.2) is 26.1 Å². The van der Waals surface area contributed by atoms with E-state index >= 15 is 0 Å². The van der Waals surface area contributed by atoms with Crippen LogP contribution in [0.25, 0.3) is 5.69 Å². The molecule has 2 aromatic rings. The summed E-state index contributed by atoms with van der Waals surface area (Å²) in [6.07, 6.45) is 1.14. The molecule has 0 aliphatic rings. The van der Waals surface area contributed by atoms with Crippen molar-refractivity contribution >= 4 is 40.8 Å². The summed E-state index contributed by atoms with van der Waals surface area (Å²) in [6, 6.07) is 2.97. The minimum Gasteiger partial charge on any atom is -0.481 e. The van der Waals surface area contributed by atoms with Crippen molar-refractivity contribution < 1.29 is 9.90 Å². The van der Waals surface area contributed by atoms with E-state index in [1.54, 1.807) is 0 Å². The van der Waals surface area contributed by atoms with Crippen LogP contribution in [0.4, 0.5) is 0 Å². The molecule has 1 aromatic heterocycles. The van der Waals surface area contributed by atoms with Crippen molar-refractivity contribution in [2.45, 2.75) is 6.42 Å². The second-order valence-corrected chi connectivity index (χ2v) is 4.65. The van der Waals surface area contributed by atoms with E-state index in [2.05, 4.69) is 10.3 Å². The molecule has 0 saturated carbocycles. The number of aromatic nitrogens is 3. The molecule has 0 aliphatic heterocycles. The minimum atomic E-state index is -0.991. The molecule has 0 unspecified atom stereocenters. The van der Waals surface area contributed by atoms with E-state index in [1.807, 2.05) is 0 Å². The van der Waals surface area contributed by atoms with Gasteiger partial charge in [-0.15, -0.1) is 5.10 Å². The van der Waals surface area contributed by atoms with Crippen LogP contribution in [0.15, 0.2) is 18.3 Å². The lowest BCUT2D eigenvalue weighted by molar-refractivity contribution is -0.136. The van der Waals surface area contributed by atoms with Gasteiger partial charge in [0.05, 0.1) is 39.1 Å². The number of aliphatic carboxylic acids is 1. The lowest BCUT2D eigenvalue weighted by Crippen LogP contribution is -2.08. The van der Waals surface area contributed by atoms with Crippen molar-refractivity contribution in [1.82, 2.24) is 15.0 Å². The van der Waals surface area contributed by atoms with E-state index in [-0.39, 0.29) is 6.42 Å². The Hall–Kier alpha value is -1.30. The maximum Gasteiger partial charge on any atom is 0.309 e. The standard InChI is InChI=1S/C10H6Cl3N3O2/c11-6-2-8(13)9(3-7(6)12)16-5(1-10(17)18)4-14-15-16/h2-4H,1H2,(H,17,18). The Balaban J connectivity index is 2.52.